The molecule has 0 radical (unpaired) electrons. The van der Waals surface area contributed by atoms with E-state index in [1.807, 2.05) is 12.1 Å². The Labute approximate surface area is 128 Å². The standard InChI is InChI=1S/C10H7NO.C8H5NO/c11-8-10-5-3-9(4-6-10)2-1-7-12;9-5-7-1-3-8(6-10)4-2-7/h1-7H;1-4,6H/b2-1+;. The van der Waals surface area contributed by atoms with Crippen LogP contribution in [0.3, 0.4) is 0 Å². The van der Waals surface area contributed by atoms with E-state index >= 15 is 0 Å². The molecular weight excluding hydrogens is 276 g/mol. The number of carbonyl (C=O) groups is 2. The summed E-state index contributed by atoms with van der Waals surface area (Å²) >= 11 is 0. The first-order valence-corrected chi connectivity index (χ1v) is 6.31. The molecule has 2 aromatic rings. The van der Waals surface area contributed by atoms with Crippen LogP contribution < -0.4 is 0 Å². The lowest BCUT2D eigenvalue weighted by Gasteiger charge is -1.90. The van der Waals surface area contributed by atoms with Gasteiger partial charge in [0.1, 0.15) is 12.6 Å². The molecule has 0 atom stereocenters. The molecular formula is C18H12N2O2. The van der Waals surface area contributed by atoms with Gasteiger partial charge in [-0.15, -0.1) is 0 Å². The minimum atomic E-state index is 0.575. The summed E-state index contributed by atoms with van der Waals surface area (Å²) in [5.41, 5.74) is 2.71. The third-order valence-corrected chi connectivity index (χ3v) is 2.58. The average molecular weight is 288 g/mol. The number of nitrogens with zero attached hydrogens (tertiary/aromatic N) is 2. The van der Waals surface area contributed by atoms with Gasteiger partial charge in [-0.3, -0.25) is 9.59 Å². The fraction of sp³-hybridized carbons (Fsp3) is 0. The first-order valence-electron chi connectivity index (χ1n) is 6.31. The molecule has 2 rings (SSSR count). The van der Waals surface area contributed by atoms with Crippen LogP contribution in [0.5, 0.6) is 0 Å². The van der Waals surface area contributed by atoms with Gasteiger partial charge in [0.25, 0.3) is 0 Å². The molecule has 4 heteroatoms. The second kappa shape index (κ2) is 9.41. The number of carbonyl (C=O) groups excluding carboxylic acids is 2. The fourth-order valence-corrected chi connectivity index (χ4v) is 1.46. The molecule has 0 aliphatic carbocycles. The third kappa shape index (κ3) is 5.64. The molecule has 0 aliphatic rings. The van der Waals surface area contributed by atoms with Crippen LogP contribution >= 0.6 is 0 Å². The number of aldehydes is 2. The van der Waals surface area contributed by atoms with Crippen molar-refractivity contribution in [1.29, 1.82) is 10.5 Å². The van der Waals surface area contributed by atoms with Gasteiger partial charge in [-0.25, -0.2) is 0 Å². The van der Waals surface area contributed by atoms with E-state index in [1.165, 1.54) is 6.08 Å². The van der Waals surface area contributed by atoms with Gasteiger partial charge in [0.2, 0.25) is 0 Å². The Kier molecular flexibility index (Phi) is 7.08. The molecule has 0 aromatic heterocycles. The van der Waals surface area contributed by atoms with E-state index in [-0.39, 0.29) is 0 Å². The van der Waals surface area contributed by atoms with Crippen molar-refractivity contribution in [2.45, 2.75) is 0 Å². The van der Waals surface area contributed by atoms with Crippen LogP contribution in [-0.2, 0) is 4.79 Å². The molecule has 2 aromatic carbocycles. The molecule has 0 amide bonds. The molecule has 0 saturated carbocycles. The quantitative estimate of drug-likeness (QED) is 0.641. The number of rotatable bonds is 3. The van der Waals surface area contributed by atoms with Crippen molar-refractivity contribution in [3.63, 3.8) is 0 Å². The van der Waals surface area contributed by atoms with E-state index in [0.717, 1.165) is 18.1 Å². The van der Waals surface area contributed by atoms with Crippen molar-refractivity contribution < 1.29 is 9.59 Å². The van der Waals surface area contributed by atoms with E-state index in [4.69, 9.17) is 10.5 Å². The van der Waals surface area contributed by atoms with Gasteiger partial charge in [0, 0.05) is 5.56 Å². The molecule has 106 valence electrons. The van der Waals surface area contributed by atoms with Gasteiger partial charge in [0.05, 0.1) is 23.3 Å². The summed E-state index contributed by atoms with van der Waals surface area (Å²) in [5, 5.41) is 16.8. The zero-order valence-corrected chi connectivity index (χ0v) is 11.6. The maximum atomic E-state index is 10.1. The topological polar surface area (TPSA) is 81.7 Å². The zero-order chi connectivity index (χ0) is 16.2. The van der Waals surface area contributed by atoms with E-state index in [2.05, 4.69) is 0 Å². The van der Waals surface area contributed by atoms with E-state index in [9.17, 15) is 9.59 Å². The van der Waals surface area contributed by atoms with Crippen LogP contribution in [0.15, 0.2) is 54.6 Å². The zero-order valence-electron chi connectivity index (χ0n) is 11.6. The van der Waals surface area contributed by atoms with Crippen LogP contribution in [0.1, 0.15) is 27.0 Å². The Hall–Kier alpha value is -3.50. The van der Waals surface area contributed by atoms with Crippen molar-refractivity contribution in [1.82, 2.24) is 0 Å². The average Bonchev–Trinajstić information content (AvgIpc) is 2.61. The smallest absolute Gasteiger partial charge is 0.150 e. The Morgan fingerprint density at radius 3 is 1.55 bits per heavy atom. The molecule has 0 aliphatic heterocycles. The summed E-state index contributed by atoms with van der Waals surface area (Å²) in [6.07, 6.45) is 4.58. The normalized spacial score (nSPS) is 9.00. The first kappa shape index (κ1) is 16.6. The van der Waals surface area contributed by atoms with Crippen LogP contribution in [-0.4, -0.2) is 12.6 Å². The van der Waals surface area contributed by atoms with Gasteiger partial charge in [0.15, 0.2) is 0 Å². The first-order chi connectivity index (χ1) is 10.7. The minimum Gasteiger partial charge on any atom is -0.299 e. The molecule has 0 saturated heterocycles. The molecule has 0 heterocycles. The fourth-order valence-electron chi connectivity index (χ4n) is 1.46. The summed E-state index contributed by atoms with van der Waals surface area (Å²) in [5.74, 6) is 0. The van der Waals surface area contributed by atoms with E-state index < -0.39 is 0 Å². The largest absolute Gasteiger partial charge is 0.299 e. The van der Waals surface area contributed by atoms with Crippen molar-refractivity contribution in [2.75, 3.05) is 0 Å². The van der Waals surface area contributed by atoms with Gasteiger partial charge in [-0.2, -0.15) is 10.5 Å². The summed E-state index contributed by atoms with van der Waals surface area (Å²) in [7, 11) is 0. The number of hydrogen-bond acceptors (Lipinski definition) is 4. The predicted molar refractivity (Wildman–Crippen MR) is 82.8 cm³/mol. The predicted octanol–water partition coefficient (Wildman–Crippen LogP) is 3.14. The summed E-state index contributed by atoms with van der Waals surface area (Å²) in [4.78, 5) is 20.1. The van der Waals surface area contributed by atoms with E-state index in [1.54, 1.807) is 54.6 Å². The van der Waals surface area contributed by atoms with Gasteiger partial charge >= 0.3 is 0 Å². The summed E-state index contributed by atoms with van der Waals surface area (Å²) in [6.45, 7) is 0. The van der Waals surface area contributed by atoms with Crippen molar-refractivity contribution in [3.05, 3.63) is 76.9 Å². The molecule has 4 nitrogen and oxygen atoms in total. The number of benzene rings is 2. The molecule has 0 bridgehead atoms. The minimum absolute atomic E-state index is 0.575. The third-order valence-electron chi connectivity index (χ3n) is 2.58. The second-order valence-electron chi connectivity index (χ2n) is 4.08. The van der Waals surface area contributed by atoms with Crippen LogP contribution in [0.25, 0.3) is 6.08 Å². The highest BCUT2D eigenvalue weighted by molar-refractivity contribution is 5.75. The Morgan fingerprint density at radius 2 is 1.18 bits per heavy atom. The summed E-state index contributed by atoms with van der Waals surface area (Å²) < 4.78 is 0. The monoisotopic (exact) mass is 288 g/mol. The number of nitriles is 2. The SMILES string of the molecule is N#Cc1ccc(/C=C/C=O)cc1.N#Cc1ccc(C=O)cc1. The van der Waals surface area contributed by atoms with E-state index in [0.29, 0.717) is 16.7 Å². The van der Waals surface area contributed by atoms with Crippen LogP contribution in [0.2, 0.25) is 0 Å². The summed E-state index contributed by atoms with van der Waals surface area (Å²) in [6, 6.07) is 17.4. The highest BCUT2D eigenvalue weighted by Gasteiger charge is 1.89. The maximum absolute atomic E-state index is 10.1. The number of allylic oxidation sites excluding steroid dienone is 1. The molecule has 0 fully saturated rings. The lowest BCUT2D eigenvalue weighted by molar-refractivity contribution is -0.104. The lowest BCUT2D eigenvalue weighted by Crippen LogP contribution is -1.78. The maximum Gasteiger partial charge on any atom is 0.150 e. The molecule has 0 unspecified atom stereocenters. The van der Waals surface area contributed by atoms with Crippen LogP contribution in [0, 0.1) is 22.7 Å². The highest BCUT2D eigenvalue weighted by atomic mass is 16.1. The second-order valence-corrected chi connectivity index (χ2v) is 4.08. The Bertz CT molecular complexity index is 731. The van der Waals surface area contributed by atoms with Gasteiger partial charge in [-0.1, -0.05) is 30.3 Å². The van der Waals surface area contributed by atoms with Crippen LogP contribution in [0.4, 0.5) is 0 Å². The molecule has 0 spiro atoms. The number of hydrogen-bond donors (Lipinski definition) is 0. The van der Waals surface area contributed by atoms with Crippen molar-refractivity contribution in [2.24, 2.45) is 0 Å². The molecule has 0 N–H and O–H groups in total. The lowest BCUT2D eigenvalue weighted by atomic mass is 10.1. The van der Waals surface area contributed by atoms with Crippen molar-refractivity contribution >= 4 is 18.6 Å². The highest BCUT2D eigenvalue weighted by Crippen LogP contribution is 2.04. The Morgan fingerprint density at radius 1 is 0.727 bits per heavy atom. The Balaban J connectivity index is 0.000000224. The molecule has 22 heavy (non-hydrogen) atoms. The van der Waals surface area contributed by atoms with Crippen molar-refractivity contribution in [3.8, 4) is 12.1 Å². The van der Waals surface area contributed by atoms with Gasteiger partial charge < -0.3 is 0 Å². The van der Waals surface area contributed by atoms with Gasteiger partial charge in [-0.05, 0) is 35.9 Å².